The Morgan fingerprint density at radius 1 is 0.700 bits per heavy atom. The van der Waals surface area contributed by atoms with Crippen molar-refractivity contribution in [3.8, 4) is 0 Å². The van der Waals surface area contributed by atoms with Crippen LogP contribution in [0.2, 0.25) is 0 Å². The average molecular weight is 277 g/mol. The summed E-state index contributed by atoms with van der Waals surface area (Å²) in [4.78, 5) is 5.56. The number of likely N-dealkylation sites (tertiary alicyclic amines) is 1. The SMILES string of the molecule is C1CC(N2CCC(C3CN4CCC3CC4)CC2)CCN1. The van der Waals surface area contributed by atoms with Gasteiger partial charge in [-0.1, -0.05) is 0 Å². The highest BCUT2D eigenvalue weighted by molar-refractivity contribution is 4.92. The van der Waals surface area contributed by atoms with E-state index in [2.05, 4.69) is 15.1 Å². The molecular formula is C17H31N3. The topological polar surface area (TPSA) is 18.5 Å². The fourth-order valence-electron chi connectivity index (χ4n) is 5.43. The van der Waals surface area contributed by atoms with Crippen molar-refractivity contribution in [1.82, 2.24) is 15.1 Å². The normalized spacial score (nSPS) is 41.1. The molecular weight excluding hydrogens is 246 g/mol. The second kappa shape index (κ2) is 5.94. The lowest BCUT2D eigenvalue weighted by Gasteiger charge is -2.50. The zero-order valence-electron chi connectivity index (χ0n) is 12.9. The van der Waals surface area contributed by atoms with Gasteiger partial charge in [-0.2, -0.15) is 0 Å². The maximum absolute atomic E-state index is 3.50. The lowest BCUT2D eigenvalue weighted by atomic mass is 9.69. The van der Waals surface area contributed by atoms with Crippen LogP contribution in [0.4, 0.5) is 0 Å². The number of rotatable bonds is 2. The monoisotopic (exact) mass is 277 g/mol. The van der Waals surface area contributed by atoms with Crippen LogP contribution in [-0.2, 0) is 0 Å². The third-order valence-corrected chi connectivity index (χ3v) is 6.71. The summed E-state index contributed by atoms with van der Waals surface area (Å²) in [5.74, 6) is 3.17. The van der Waals surface area contributed by atoms with E-state index in [9.17, 15) is 0 Å². The van der Waals surface area contributed by atoms with Gasteiger partial charge in [-0.15, -0.1) is 0 Å². The Labute approximate surface area is 124 Å². The van der Waals surface area contributed by atoms with Crippen LogP contribution < -0.4 is 5.32 Å². The van der Waals surface area contributed by atoms with E-state index in [1.807, 2.05) is 0 Å². The quantitative estimate of drug-likeness (QED) is 0.830. The molecule has 1 atom stereocenters. The molecule has 1 N–H and O–H groups in total. The summed E-state index contributed by atoms with van der Waals surface area (Å²) < 4.78 is 0. The van der Waals surface area contributed by atoms with Crippen molar-refractivity contribution in [3.05, 3.63) is 0 Å². The first-order valence-electron chi connectivity index (χ1n) is 9.07. The number of fused-ring (bicyclic) bond motifs is 3. The Bertz CT molecular complexity index is 310. The van der Waals surface area contributed by atoms with Crippen LogP contribution in [0.15, 0.2) is 0 Å². The first kappa shape index (κ1) is 13.5. The largest absolute Gasteiger partial charge is 0.317 e. The van der Waals surface area contributed by atoms with Gasteiger partial charge in [0.2, 0.25) is 0 Å². The minimum atomic E-state index is 0.892. The molecule has 3 nitrogen and oxygen atoms in total. The number of hydrogen-bond donors (Lipinski definition) is 1. The standard InChI is InChI=1S/C17H31N3/c1-7-18-8-2-16(1)20-11-5-15(6-12-20)17-13-19-9-3-14(17)4-10-19/h14-18H,1-13H2. The molecule has 0 saturated carbocycles. The predicted molar refractivity (Wildman–Crippen MR) is 82.8 cm³/mol. The summed E-state index contributed by atoms with van der Waals surface area (Å²) in [7, 11) is 0. The number of nitrogens with one attached hydrogen (secondary N) is 1. The van der Waals surface area contributed by atoms with Crippen molar-refractivity contribution in [1.29, 1.82) is 0 Å². The number of nitrogens with zero attached hydrogens (tertiary/aromatic N) is 2. The lowest BCUT2D eigenvalue weighted by Crippen LogP contribution is -2.52. The van der Waals surface area contributed by atoms with E-state index >= 15 is 0 Å². The van der Waals surface area contributed by atoms with Gasteiger partial charge in [0.15, 0.2) is 0 Å². The van der Waals surface area contributed by atoms with Gasteiger partial charge in [0.1, 0.15) is 0 Å². The minimum absolute atomic E-state index is 0.892. The fraction of sp³-hybridized carbons (Fsp3) is 1.00. The van der Waals surface area contributed by atoms with Crippen LogP contribution in [0.25, 0.3) is 0 Å². The Kier molecular flexibility index (Phi) is 4.02. The molecule has 5 saturated heterocycles. The maximum atomic E-state index is 3.50. The van der Waals surface area contributed by atoms with Gasteiger partial charge >= 0.3 is 0 Å². The molecule has 0 radical (unpaired) electrons. The minimum Gasteiger partial charge on any atom is -0.317 e. The molecule has 5 rings (SSSR count). The molecule has 1 unspecified atom stereocenters. The predicted octanol–water partition coefficient (Wildman–Crippen LogP) is 1.79. The van der Waals surface area contributed by atoms with Crippen molar-refractivity contribution < 1.29 is 0 Å². The molecule has 0 aromatic carbocycles. The molecule has 5 heterocycles. The Balaban J connectivity index is 1.31. The van der Waals surface area contributed by atoms with Crippen molar-refractivity contribution in [2.45, 2.75) is 44.6 Å². The van der Waals surface area contributed by atoms with Crippen LogP contribution in [0.5, 0.6) is 0 Å². The molecule has 0 aliphatic carbocycles. The van der Waals surface area contributed by atoms with E-state index in [-0.39, 0.29) is 0 Å². The van der Waals surface area contributed by atoms with Crippen molar-refractivity contribution in [2.24, 2.45) is 17.8 Å². The van der Waals surface area contributed by atoms with Gasteiger partial charge in [-0.3, -0.25) is 0 Å². The van der Waals surface area contributed by atoms with E-state index in [1.165, 1.54) is 84.3 Å². The molecule has 5 fully saturated rings. The maximum Gasteiger partial charge on any atom is 0.0119 e. The first-order valence-corrected chi connectivity index (χ1v) is 9.07. The van der Waals surface area contributed by atoms with E-state index in [0.717, 1.165) is 23.8 Å². The summed E-state index contributed by atoms with van der Waals surface area (Å²) in [6.07, 6.45) is 8.73. The second-order valence-corrected chi connectivity index (χ2v) is 7.66. The zero-order valence-corrected chi connectivity index (χ0v) is 12.9. The van der Waals surface area contributed by atoms with Gasteiger partial charge in [-0.05, 0) is 95.5 Å². The second-order valence-electron chi connectivity index (χ2n) is 7.66. The third kappa shape index (κ3) is 2.65. The number of piperidine rings is 5. The highest BCUT2D eigenvalue weighted by Crippen LogP contribution is 2.40. The van der Waals surface area contributed by atoms with E-state index in [1.54, 1.807) is 0 Å². The smallest absolute Gasteiger partial charge is 0.0119 e. The Morgan fingerprint density at radius 3 is 1.90 bits per heavy atom. The molecule has 5 aliphatic rings. The lowest BCUT2D eigenvalue weighted by molar-refractivity contribution is -0.00637. The molecule has 0 aromatic heterocycles. The summed E-state index contributed by atoms with van der Waals surface area (Å²) in [6, 6.07) is 0.892. The average Bonchev–Trinajstić information content (AvgIpc) is 2.57. The third-order valence-electron chi connectivity index (χ3n) is 6.71. The molecule has 0 spiro atoms. The molecule has 3 heteroatoms. The first-order chi connectivity index (χ1) is 9.90. The Morgan fingerprint density at radius 2 is 1.30 bits per heavy atom. The summed E-state index contributed by atoms with van der Waals surface area (Å²) in [5.41, 5.74) is 0. The van der Waals surface area contributed by atoms with Gasteiger partial charge < -0.3 is 15.1 Å². The van der Waals surface area contributed by atoms with Crippen molar-refractivity contribution in [2.75, 3.05) is 45.8 Å². The molecule has 5 aliphatic heterocycles. The molecule has 20 heavy (non-hydrogen) atoms. The highest BCUT2D eigenvalue weighted by atomic mass is 15.2. The van der Waals surface area contributed by atoms with Gasteiger partial charge in [0.25, 0.3) is 0 Å². The zero-order chi connectivity index (χ0) is 13.4. The fourth-order valence-corrected chi connectivity index (χ4v) is 5.43. The van der Waals surface area contributed by atoms with E-state index in [4.69, 9.17) is 0 Å². The number of hydrogen-bond acceptors (Lipinski definition) is 3. The van der Waals surface area contributed by atoms with Crippen molar-refractivity contribution in [3.63, 3.8) is 0 Å². The summed E-state index contributed by atoms with van der Waals surface area (Å²) in [5, 5.41) is 3.50. The molecule has 2 bridgehead atoms. The van der Waals surface area contributed by atoms with E-state index < -0.39 is 0 Å². The summed E-state index contributed by atoms with van der Waals surface area (Å²) in [6.45, 7) is 9.48. The van der Waals surface area contributed by atoms with Gasteiger partial charge in [0, 0.05) is 12.6 Å². The van der Waals surface area contributed by atoms with Crippen LogP contribution in [0, 0.1) is 17.8 Å². The summed E-state index contributed by atoms with van der Waals surface area (Å²) >= 11 is 0. The Hall–Kier alpha value is -0.120. The highest BCUT2D eigenvalue weighted by Gasteiger charge is 2.39. The van der Waals surface area contributed by atoms with Crippen LogP contribution in [0.1, 0.15) is 38.5 Å². The van der Waals surface area contributed by atoms with Crippen molar-refractivity contribution >= 4 is 0 Å². The molecule has 0 aromatic rings. The molecule has 0 amide bonds. The van der Waals surface area contributed by atoms with Crippen LogP contribution in [0.3, 0.4) is 0 Å². The van der Waals surface area contributed by atoms with Crippen LogP contribution >= 0.6 is 0 Å². The van der Waals surface area contributed by atoms with E-state index in [0.29, 0.717) is 0 Å². The van der Waals surface area contributed by atoms with Gasteiger partial charge in [-0.25, -0.2) is 0 Å². The van der Waals surface area contributed by atoms with Gasteiger partial charge in [0.05, 0.1) is 0 Å². The van der Waals surface area contributed by atoms with Crippen LogP contribution in [-0.4, -0.2) is 61.7 Å². The molecule has 114 valence electrons.